The average molecular weight is 239 g/mol. The summed E-state index contributed by atoms with van der Waals surface area (Å²) in [6.07, 6.45) is 7.46. The van der Waals surface area contributed by atoms with Crippen molar-refractivity contribution < 1.29 is 4.43 Å². The highest BCUT2D eigenvalue weighted by Crippen LogP contribution is 2.11. The maximum atomic E-state index is 5.66. The Labute approximate surface area is 101 Å². The number of nitrogens with zero attached hydrogens (tertiary/aromatic N) is 1. The zero-order chi connectivity index (χ0) is 12.6. The standard InChI is InChI=1S/C13H25NOSi/c1-7-9-10-13(8-2)11-14-12(3)15-16(4,5)6/h8,11H,3,7,9-10H2,1-2,4-6H3/b13-8+,14-11+. The van der Waals surface area contributed by atoms with Gasteiger partial charge in [0.1, 0.15) is 0 Å². The topological polar surface area (TPSA) is 21.6 Å². The molecule has 3 heteroatoms. The highest BCUT2D eigenvalue weighted by molar-refractivity contribution is 6.70. The third-order valence-electron chi connectivity index (χ3n) is 1.99. The smallest absolute Gasteiger partial charge is 0.244 e. The van der Waals surface area contributed by atoms with Gasteiger partial charge in [-0.2, -0.15) is 0 Å². The van der Waals surface area contributed by atoms with Crippen LogP contribution in [-0.2, 0) is 4.43 Å². The molecule has 92 valence electrons. The van der Waals surface area contributed by atoms with E-state index in [1.54, 1.807) is 0 Å². The normalized spacial score (nSPS) is 13.2. The highest BCUT2D eigenvalue weighted by Gasteiger charge is 2.16. The molecule has 0 aromatic rings. The van der Waals surface area contributed by atoms with Gasteiger partial charge in [0.2, 0.25) is 8.32 Å². The van der Waals surface area contributed by atoms with Crippen molar-refractivity contribution in [3.05, 3.63) is 24.1 Å². The molecule has 0 rings (SSSR count). The van der Waals surface area contributed by atoms with Crippen molar-refractivity contribution in [1.82, 2.24) is 0 Å². The molecule has 0 aliphatic carbocycles. The number of unbranched alkanes of at least 4 members (excludes halogenated alkanes) is 1. The highest BCUT2D eigenvalue weighted by atomic mass is 28.4. The van der Waals surface area contributed by atoms with E-state index in [-0.39, 0.29) is 0 Å². The SMILES string of the molecule is C=C(/N=C/C(=C/C)CCCC)O[Si](C)(C)C. The summed E-state index contributed by atoms with van der Waals surface area (Å²) in [4.78, 5) is 4.26. The van der Waals surface area contributed by atoms with Gasteiger partial charge in [0.25, 0.3) is 0 Å². The molecule has 0 aromatic carbocycles. The van der Waals surface area contributed by atoms with E-state index in [2.05, 4.69) is 44.2 Å². The van der Waals surface area contributed by atoms with E-state index >= 15 is 0 Å². The van der Waals surface area contributed by atoms with Gasteiger partial charge in [-0.3, -0.25) is 0 Å². The van der Waals surface area contributed by atoms with Crippen molar-refractivity contribution in [3.63, 3.8) is 0 Å². The molecule has 0 N–H and O–H groups in total. The Hall–Kier alpha value is -0.833. The van der Waals surface area contributed by atoms with Crippen LogP contribution < -0.4 is 0 Å². The van der Waals surface area contributed by atoms with Gasteiger partial charge >= 0.3 is 0 Å². The molecule has 0 aromatic heterocycles. The Kier molecular flexibility index (Phi) is 7.05. The van der Waals surface area contributed by atoms with Gasteiger partial charge < -0.3 is 4.43 Å². The summed E-state index contributed by atoms with van der Waals surface area (Å²) in [5.74, 6) is 0.537. The molecule has 0 unspecified atom stereocenters. The van der Waals surface area contributed by atoms with Crippen LogP contribution in [0.3, 0.4) is 0 Å². The fourth-order valence-electron chi connectivity index (χ4n) is 1.20. The maximum absolute atomic E-state index is 5.66. The van der Waals surface area contributed by atoms with Gasteiger partial charge in [-0.1, -0.05) is 19.4 Å². The van der Waals surface area contributed by atoms with Crippen molar-refractivity contribution in [3.8, 4) is 0 Å². The molecule has 0 bridgehead atoms. The number of allylic oxidation sites excluding steroid dienone is 2. The zero-order valence-corrected chi connectivity index (χ0v) is 12.3. The van der Waals surface area contributed by atoms with E-state index in [9.17, 15) is 0 Å². The van der Waals surface area contributed by atoms with Gasteiger partial charge in [-0.25, -0.2) is 4.99 Å². The lowest BCUT2D eigenvalue weighted by molar-refractivity contribution is 0.421. The molecule has 0 saturated heterocycles. The molecule has 0 fully saturated rings. The molecule has 0 radical (unpaired) electrons. The van der Waals surface area contributed by atoms with Crippen LogP contribution in [0.1, 0.15) is 33.1 Å². The predicted molar refractivity (Wildman–Crippen MR) is 75.3 cm³/mol. The Bertz CT molecular complexity index is 274. The first-order valence-electron chi connectivity index (χ1n) is 5.96. The Balaban J connectivity index is 4.20. The molecule has 0 spiro atoms. The summed E-state index contributed by atoms with van der Waals surface area (Å²) in [5.41, 5.74) is 1.25. The van der Waals surface area contributed by atoms with Crippen LogP contribution in [0.15, 0.2) is 29.1 Å². The van der Waals surface area contributed by atoms with Crippen LogP contribution in [0.25, 0.3) is 0 Å². The molecule has 16 heavy (non-hydrogen) atoms. The fraction of sp³-hybridized carbons (Fsp3) is 0.615. The number of aliphatic imine (C=N–C) groups is 1. The molecule has 0 amide bonds. The number of hydrogen-bond acceptors (Lipinski definition) is 2. The lowest BCUT2D eigenvalue weighted by Gasteiger charge is -2.18. The molecule has 0 aliphatic heterocycles. The number of rotatable bonds is 7. The minimum atomic E-state index is -1.56. The molecule has 2 nitrogen and oxygen atoms in total. The summed E-state index contributed by atoms with van der Waals surface area (Å²) in [6.45, 7) is 14.4. The van der Waals surface area contributed by atoms with Crippen molar-refractivity contribution in [2.24, 2.45) is 4.99 Å². The minimum Gasteiger partial charge on any atom is -0.532 e. The third kappa shape index (κ3) is 8.47. The summed E-state index contributed by atoms with van der Waals surface area (Å²) in [7, 11) is -1.56. The monoisotopic (exact) mass is 239 g/mol. The van der Waals surface area contributed by atoms with Crippen molar-refractivity contribution in [1.29, 1.82) is 0 Å². The first kappa shape index (κ1) is 15.2. The van der Waals surface area contributed by atoms with Crippen molar-refractivity contribution >= 4 is 14.5 Å². The third-order valence-corrected chi connectivity index (χ3v) is 2.84. The summed E-state index contributed by atoms with van der Waals surface area (Å²) in [6, 6.07) is 0. The van der Waals surface area contributed by atoms with Gasteiger partial charge in [-0.05, 0) is 51.6 Å². The van der Waals surface area contributed by atoms with E-state index in [0.29, 0.717) is 5.88 Å². The van der Waals surface area contributed by atoms with E-state index in [4.69, 9.17) is 4.43 Å². The maximum Gasteiger partial charge on any atom is 0.244 e. The first-order valence-corrected chi connectivity index (χ1v) is 9.37. The lowest BCUT2D eigenvalue weighted by atomic mass is 10.1. The molecule has 0 heterocycles. The van der Waals surface area contributed by atoms with Crippen LogP contribution in [-0.4, -0.2) is 14.5 Å². The van der Waals surface area contributed by atoms with E-state index in [1.165, 1.54) is 18.4 Å². The van der Waals surface area contributed by atoms with Crippen LogP contribution in [0.2, 0.25) is 19.6 Å². The second kappa shape index (κ2) is 7.44. The quantitative estimate of drug-likeness (QED) is 0.364. The second-order valence-electron chi connectivity index (χ2n) is 4.83. The number of hydrogen-bond donors (Lipinski definition) is 0. The summed E-state index contributed by atoms with van der Waals surface area (Å²) < 4.78 is 5.66. The van der Waals surface area contributed by atoms with Crippen molar-refractivity contribution in [2.45, 2.75) is 52.8 Å². The molecular formula is C13H25NOSi. The molecule has 0 saturated carbocycles. The Morgan fingerprint density at radius 1 is 1.38 bits per heavy atom. The minimum absolute atomic E-state index is 0.537. The van der Waals surface area contributed by atoms with Gasteiger partial charge in [0, 0.05) is 6.21 Å². The van der Waals surface area contributed by atoms with E-state index in [0.717, 1.165) is 6.42 Å². The molecule has 0 aliphatic rings. The van der Waals surface area contributed by atoms with Crippen molar-refractivity contribution in [2.75, 3.05) is 0 Å². The summed E-state index contributed by atoms with van der Waals surface area (Å²) in [5, 5.41) is 0. The van der Waals surface area contributed by atoms with Gasteiger partial charge in [-0.15, -0.1) is 0 Å². The van der Waals surface area contributed by atoms with E-state index < -0.39 is 8.32 Å². The van der Waals surface area contributed by atoms with Crippen LogP contribution >= 0.6 is 0 Å². The van der Waals surface area contributed by atoms with E-state index in [1.807, 2.05) is 13.1 Å². The van der Waals surface area contributed by atoms with Gasteiger partial charge in [0.15, 0.2) is 5.88 Å². The van der Waals surface area contributed by atoms with Crippen LogP contribution in [0.5, 0.6) is 0 Å². The lowest BCUT2D eigenvalue weighted by Crippen LogP contribution is -2.24. The zero-order valence-electron chi connectivity index (χ0n) is 11.3. The van der Waals surface area contributed by atoms with Gasteiger partial charge in [0.05, 0.1) is 0 Å². The molecule has 0 atom stereocenters. The average Bonchev–Trinajstić information content (AvgIpc) is 2.15. The predicted octanol–water partition coefficient (Wildman–Crippen LogP) is 4.52. The Morgan fingerprint density at radius 3 is 2.44 bits per heavy atom. The largest absolute Gasteiger partial charge is 0.532 e. The van der Waals surface area contributed by atoms with Crippen LogP contribution in [0.4, 0.5) is 0 Å². The second-order valence-corrected chi connectivity index (χ2v) is 9.26. The Morgan fingerprint density at radius 2 is 2.00 bits per heavy atom. The first-order chi connectivity index (χ1) is 7.39. The van der Waals surface area contributed by atoms with Crippen LogP contribution in [0, 0.1) is 0 Å². The fourth-order valence-corrected chi connectivity index (χ4v) is 1.96. The molecular weight excluding hydrogens is 214 g/mol. The summed E-state index contributed by atoms with van der Waals surface area (Å²) >= 11 is 0.